The van der Waals surface area contributed by atoms with Crippen LogP contribution in [0.5, 0.6) is 0 Å². The lowest BCUT2D eigenvalue weighted by atomic mass is 10.2. The standard InChI is InChI=1S/C12H17NO4S/c1-10-4-6-12(7-5-10)18(15,16)17-9-3-8-13-11(2)14/h4-7H,3,8-9H2,1-2H3,(H,13,14). The van der Waals surface area contributed by atoms with Gasteiger partial charge >= 0.3 is 0 Å². The van der Waals surface area contributed by atoms with E-state index in [9.17, 15) is 13.2 Å². The highest BCUT2D eigenvalue weighted by molar-refractivity contribution is 7.86. The van der Waals surface area contributed by atoms with Gasteiger partial charge in [-0.25, -0.2) is 0 Å². The second-order valence-corrected chi connectivity index (χ2v) is 5.54. The summed E-state index contributed by atoms with van der Waals surface area (Å²) in [6.45, 7) is 3.74. The Morgan fingerprint density at radius 1 is 1.28 bits per heavy atom. The Bertz CT molecular complexity index is 493. The topological polar surface area (TPSA) is 72.5 Å². The van der Waals surface area contributed by atoms with E-state index < -0.39 is 10.1 Å². The third-order valence-corrected chi connectivity index (χ3v) is 3.57. The molecule has 0 unspecified atom stereocenters. The third-order valence-electron chi connectivity index (χ3n) is 2.24. The van der Waals surface area contributed by atoms with Gasteiger partial charge in [-0.2, -0.15) is 8.42 Å². The van der Waals surface area contributed by atoms with Crippen LogP contribution in [0.15, 0.2) is 29.2 Å². The zero-order chi connectivity index (χ0) is 13.6. The molecule has 0 spiro atoms. The summed E-state index contributed by atoms with van der Waals surface area (Å²) in [4.78, 5) is 10.7. The average Bonchev–Trinajstić information content (AvgIpc) is 2.28. The summed E-state index contributed by atoms with van der Waals surface area (Å²) in [5, 5.41) is 2.57. The molecule has 0 saturated carbocycles. The average molecular weight is 271 g/mol. The number of benzene rings is 1. The molecule has 1 aromatic carbocycles. The fourth-order valence-corrected chi connectivity index (χ4v) is 2.22. The third kappa shape index (κ3) is 4.85. The molecule has 0 aromatic heterocycles. The van der Waals surface area contributed by atoms with E-state index in [1.807, 2.05) is 6.92 Å². The largest absolute Gasteiger partial charge is 0.356 e. The quantitative estimate of drug-likeness (QED) is 0.624. The van der Waals surface area contributed by atoms with Crippen LogP contribution in [-0.4, -0.2) is 27.5 Å². The summed E-state index contributed by atoms with van der Waals surface area (Å²) >= 11 is 0. The van der Waals surface area contributed by atoms with Crippen molar-refractivity contribution in [2.75, 3.05) is 13.2 Å². The van der Waals surface area contributed by atoms with Gasteiger partial charge in [-0.3, -0.25) is 8.98 Å². The molecule has 0 saturated heterocycles. The number of nitrogens with one attached hydrogen (secondary N) is 1. The molecule has 0 aliphatic heterocycles. The molecule has 1 rings (SSSR count). The first-order chi connectivity index (χ1) is 8.42. The molecule has 0 heterocycles. The van der Waals surface area contributed by atoms with Crippen LogP contribution in [0.3, 0.4) is 0 Å². The molecule has 0 atom stereocenters. The lowest BCUT2D eigenvalue weighted by Crippen LogP contribution is -2.22. The number of aryl methyl sites for hydroxylation is 1. The Labute approximate surface area is 107 Å². The number of hydrogen-bond donors (Lipinski definition) is 1. The number of hydrogen-bond acceptors (Lipinski definition) is 4. The highest BCUT2D eigenvalue weighted by Gasteiger charge is 2.14. The van der Waals surface area contributed by atoms with Crippen LogP contribution in [0.4, 0.5) is 0 Å². The van der Waals surface area contributed by atoms with Crippen molar-refractivity contribution in [3.8, 4) is 0 Å². The molecule has 0 aliphatic carbocycles. The molecule has 18 heavy (non-hydrogen) atoms. The molecular weight excluding hydrogens is 254 g/mol. The predicted octanol–water partition coefficient (Wildman–Crippen LogP) is 1.23. The maximum atomic E-state index is 11.7. The first-order valence-corrected chi connectivity index (χ1v) is 7.03. The van der Waals surface area contributed by atoms with Gasteiger partial charge < -0.3 is 5.32 Å². The van der Waals surface area contributed by atoms with Crippen LogP contribution in [0.1, 0.15) is 18.9 Å². The van der Waals surface area contributed by atoms with Crippen molar-refractivity contribution in [3.05, 3.63) is 29.8 Å². The van der Waals surface area contributed by atoms with Crippen LogP contribution in [0.2, 0.25) is 0 Å². The number of rotatable bonds is 6. The summed E-state index contributed by atoms with van der Waals surface area (Å²) < 4.78 is 28.3. The number of carbonyl (C=O) groups excluding carboxylic acids is 1. The van der Waals surface area contributed by atoms with Crippen molar-refractivity contribution >= 4 is 16.0 Å². The van der Waals surface area contributed by atoms with Gasteiger partial charge in [-0.05, 0) is 25.5 Å². The summed E-state index contributed by atoms with van der Waals surface area (Å²) in [5.41, 5.74) is 0.986. The van der Waals surface area contributed by atoms with E-state index in [0.29, 0.717) is 13.0 Å². The molecule has 6 heteroatoms. The maximum absolute atomic E-state index is 11.7. The highest BCUT2D eigenvalue weighted by Crippen LogP contribution is 2.13. The van der Waals surface area contributed by atoms with Gasteiger partial charge in [0.15, 0.2) is 0 Å². The van der Waals surface area contributed by atoms with Crippen LogP contribution < -0.4 is 5.32 Å². The van der Waals surface area contributed by atoms with E-state index >= 15 is 0 Å². The van der Waals surface area contributed by atoms with E-state index in [1.54, 1.807) is 12.1 Å². The minimum atomic E-state index is -3.69. The van der Waals surface area contributed by atoms with Crippen molar-refractivity contribution in [2.45, 2.75) is 25.2 Å². The van der Waals surface area contributed by atoms with Gasteiger partial charge in [0.05, 0.1) is 11.5 Å². The molecule has 1 N–H and O–H groups in total. The SMILES string of the molecule is CC(=O)NCCCOS(=O)(=O)c1ccc(C)cc1. The highest BCUT2D eigenvalue weighted by atomic mass is 32.2. The smallest absolute Gasteiger partial charge is 0.296 e. The second kappa shape index (κ2) is 6.51. The van der Waals surface area contributed by atoms with E-state index in [-0.39, 0.29) is 17.4 Å². The Morgan fingerprint density at radius 3 is 2.44 bits per heavy atom. The first-order valence-electron chi connectivity index (χ1n) is 5.62. The van der Waals surface area contributed by atoms with Crippen molar-refractivity contribution in [3.63, 3.8) is 0 Å². The molecule has 0 radical (unpaired) electrons. The molecule has 0 aliphatic rings. The minimum Gasteiger partial charge on any atom is -0.356 e. The van der Waals surface area contributed by atoms with Crippen molar-refractivity contribution in [1.82, 2.24) is 5.32 Å². The Morgan fingerprint density at radius 2 is 1.89 bits per heavy atom. The molecule has 5 nitrogen and oxygen atoms in total. The Balaban J connectivity index is 2.45. The maximum Gasteiger partial charge on any atom is 0.296 e. The fraction of sp³-hybridized carbons (Fsp3) is 0.417. The molecule has 1 amide bonds. The molecule has 1 aromatic rings. The summed E-state index contributed by atoms with van der Waals surface area (Å²) in [7, 11) is -3.69. The van der Waals surface area contributed by atoms with Crippen LogP contribution in [0, 0.1) is 6.92 Å². The predicted molar refractivity (Wildman–Crippen MR) is 67.6 cm³/mol. The van der Waals surface area contributed by atoms with Gasteiger partial charge in [0.25, 0.3) is 10.1 Å². The van der Waals surface area contributed by atoms with Crippen LogP contribution in [-0.2, 0) is 19.1 Å². The van der Waals surface area contributed by atoms with Gasteiger partial charge in [-0.15, -0.1) is 0 Å². The summed E-state index contributed by atoms with van der Waals surface area (Å²) in [6, 6.07) is 6.46. The number of carbonyl (C=O) groups is 1. The van der Waals surface area contributed by atoms with E-state index in [4.69, 9.17) is 4.18 Å². The van der Waals surface area contributed by atoms with Crippen molar-refractivity contribution < 1.29 is 17.4 Å². The first kappa shape index (κ1) is 14.7. The van der Waals surface area contributed by atoms with E-state index in [1.165, 1.54) is 19.1 Å². The summed E-state index contributed by atoms with van der Waals surface area (Å²) in [6.07, 6.45) is 0.449. The normalized spacial score (nSPS) is 11.2. The van der Waals surface area contributed by atoms with E-state index in [2.05, 4.69) is 5.32 Å². The van der Waals surface area contributed by atoms with Crippen molar-refractivity contribution in [1.29, 1.82) is 0 Å². The fourth-order valence-electron chi connectivity index (χ4n) is 1.28. The second-order valence-electron chi connectivity index (χ2n) is 3.93. The number of amides is 1. The molecular formula is C12H17NO4S. The van der Waals surface area contributed by atoms with Gasteiger partial charge in [0.1, 0.15) is 0 Å². The Kier molecular flexibility index (Phi) is 5.30. The van der Waals surface area contributed by atoms with E-state index in [0.717, 1.165) is 5.56 Å². The van der Waals surface area contributed by atoms with Gasteiger partial charge in [0, 0.05) is 13.5 Å². The summed E-state index contributed by atoms with van der Waals surface area (Å²) in [5.74, 6) is -0.142. The van der Waals surface area contributed by atoms with Gasteiger partial charge in [0.2, 0.25) is 5.91 Å². The zero-order valence-electron chi connectivity index (χ0n) is 10.5. The minimum absolute atomic E-state index is 0.0521. The Hall–Kier alpha value is -1.40. The van der Waals surface area contributed by atoms with Crippen molar-refractivity contribution in [2.24, 2.45) is 0 Å². The molecule has 0 fully saturated rings. The van der Waals surface area contributed by atoms with Crippen LogP contribution >= 0.6 is 0 Å². The molecule has 0 bridgehead atoms. The van der Waals surface area contributed by atoms with Crippen LogP contribution in [0.25, 0.3) is 0 Å². The lowest BCUT2D eigenvalue weighted by molar-refractivity contribution is -0.118. The zero-order valence-corrected chi connectivity index (χ0v) is 11.3. The van der Waals surface area contributed by atoms with Gasteiger partial charge in [-0.1, -0.05) is 17.7 Å². The monoisotopic (exact) mass is 271 g/mol. The lowest BCUT2D eigenvalue weighted by Gasteiger charge is -2.06. The molecule has 100 valence electrons.